The standard InChI is InChI=1S/C28H40N2Si2/c1-27(2,3)31(7,8)24-23(21-17-13-11-14-18-21)29-25(22-19-15-12-16-20-22)30-26(24)32(9,10)28(4,5)6/h11-20H,1-10H3. The fourth-order valence-electron chi connectivity index (χ4n) is 3.76. The number of hydrogen-bond donors (Lipinski definition) is 0. The molecule has 0 aliphatic heterocycles. The molecule has 0 spiro atoms. The zero-order valence-electron chi connectivity index (χ0n) is 21.7. The van der Waals surface area contributed by atoms with E-state index < -0.39 is 16.1 Å². The van der Waals surface area contributed by atoms with Gasteiger partial charge in [-0.25, -0.2) is 9.97 Å². The van der Waals surface area contributed by atoms with Crippen LogP contribution in [0.15, 0.2) is 60.7 Å². The first-order chi connectivity index (χ1) is 14.7. The Bertz CT molecular complexity index is 1070. The minimum Gasteiger partial charge on any atom is -0.238 e. The molecule has 3 rings (SSSR count). The van der Waals surface area contributed by atoms with Crippen LogP contribution in [0.1, 0.15) is 41.5 Å². The van der Waals surface area contributed by atoms with E-state index in [9.17, 15) is 0 Å². The van der Waals surface area contributed by atoms with Crippen LogP contribution in [0, 0.1) is 0 Å². The van der Waals surface area contributed by atoms with Gasteiger partial charge in [-0.05, 0) is 15.3 Å². The Balaban J connectivity index is 2.53. The molecule has 0 aliphatic rings. The van der Waals surface area contributed by atoms with Crippen molar-refractivity contribution in [2.24, 2.45) is 0 Å². The summed E-state index contributed by atoms with van der Waals surface area (Å²) in [6, 6.07) is 21.2. The molecule has 2 nitrogen and oxygen atoms in total. The maximum Gasteiger partial charge on any atom is 0.159 e. The Hall–Kier alpha value is -2.05. The summed E-state index contributed by atoms with van der Waals surface area (Å²) in [4.78, 5) is 10.7. The second-order valence-electron chi connectivity index (χ2n) is 12.1. The van der Waals surface area contributed by atoms with Crippen molar-refractivity contribution in [3.05, 3.63) is 60.7 Å². The van der Waals surface area contributed by atoms with Gasteiger partial charge in [0.25, 0.3) is 0 Å². The fourth-order valence-corrected chi connectivity index (χ4v) is 9.66. The van der Waals surface area contributed by atoms with E-state index in [2.05, 4.69) is 128 Å². The molecule has 32 heavy (non-hydrogen) atoms. The highest BCUT2D eigenvalue weighted by atomic mass is 28.3. The average Bonchev–Trinajstić information content (AvgIpc) is 2.72. The molecule has 0 radical (unpaired) electrons. The lowest BCUT2D eigenvalue weighted by molar-refractivity contribution is 0.724. The lowest BCUT2D eigenvalue weighted by atomic mass is 10.1. The zero-order chi connectivity index (χ0) is 23.9. The van der Waals surface area contributed by atoms with Gasteiger partial charge in [0.1, 0.15) is 8.07 Å². The third-order valence-corrected chi connectivity index (χ3v) is 19.0. The molecule has 0 saturated carbocycles. The van der Waals surface area contributed by atoms with E-state index in [0.29, 0.717) is 0 Å². The predicted octanol–water partition coefficient (Wildman–Crippen LogP) is 7.24. The normalized spacial score (nSPS) is 13.3. The molecule has 0 amide bonds. The fraction of sp³-hybridized carbons (Fsp3) is 0.429. The van der Waals surface area contributed by atoms with Gasteiger partial charge in [-0.1, -0.05) is 128 Å². The predicted molar refractivity (Wildman–Crippen MR) is 147 cm³/mol. The smallest absolute Gasteiger partial charge is 0.159 e. The molecule has 2 aromatic carbocycles. The largest absolute Gasteiger partial charge is 0.238 e. The van der Waals surface area contributed by atoms with Crippen molar-refractivity contribution in [1.82, 2.24) is 9.97 Å². The van der Waals surface area contributed by atoms with Gasteiger partial charge in [0.15, 0.2) is 5.82 Å². The number of benzene rings is 2. The molecular weight excluding hydrogens is 420 g/mol. The van der Waals surface area contributed by atoms with Crippen LogP contribution >= 0.6 is 0 Å². The Morgan fingerprint density at radius 1 is 0.562 bits per heavy atom. The first-order valence-electron chi connectivity index (χ1n) is 11.7. The number of rotatable bonds is 4. The lowest BCUT2D eigenvalue weighted by Gasteiger charge is -2.44. The van der Waals surface area contributed by atoms with E-state index in [-0.39, 0.29) is 10.1 Å². The van der Waals surface area contributed by atoms with Gasteiger partial charge in [-0.15, -0.1) is 0 Å². The van der Waals surface area contributed by atoms with Gasteiger partial charge in [0, 0.05) is 16.4 Å². The Kier molecular flexibility index (Phi) is 6.44. The van der Waals surface area contributed by atoms with Crippen molar-refractivity contribution in [1.29, 1.82) is 0 Å². The van der Waals surface area contributed by atoms with Gasteiger partial charge in [-0.2, -0.15) is 0 Å². The van der Waals surface area contributed by atoms with Crippen LogP contribution in [0.4, 0.5) is 0 Å². The quantitative estimate of drug-likeness (QED) is 0.383. The molecule has 0 N–H and O–H groups in total. The van der Waals surface area contributed by atoms with Gasteiger partial charge in [0.05, 0.1) is 13.8 Å². The van der Waals surface area contributed by atoms with E-state index in [0.717, 1.165) is 17.1 Å². The van der Waals surface area contributed by atoms with Crippen LogP contribution in [0.25, 0.3) is 22.6 Å². The summed E-state index contributed by atoms with van der Waals surface area (Å²) in [6.45, 7) is 24.4. The van der Waals surface area contributed by atoms with Crippen molar-refractivity contribution in [2.45, 2.75) is 77.8 Å². The molecule has 170 valence electrons. The van der Waals surface area contributed by atoms with Gasteiger partial charge in [-0.3, -0.25) is 0 Å². The van der Waals surface area contributed by atoms with E-state index in [1.54, 1.807) is 0 Å². The number of nitrogens with zero attached hydrogens (tertiary/aromatic N) is 2. The summed E-state index contributed by atoms with van der Waals surface area (Å²) in [5.74, 6) is 0.853. The second-order valence-corrected chi connectivity index (χ2v) is 22.6. The molecular formula is C28H40N2Si2. The molecule has 0 fully saturated rings. The van der Waals surface area contributed by atoms with Gasteiger partial charge < -0.3 is 0 Å². The van der Waals surface area contributed by atoms with E-state index in [1.165, 1.54) is 16.1 Å². The van der Waals surface area contributed by atoms with Crippen LogP contribution in [0.2, 0.25) is 36.3 Å². The van der Waals surface area contributed by atoms with Crippen LogP contribution in [0.3, 0.4) is 0 Å². The molecule has 4 heteroatoms. The monoisotopic (exact) mass is 460 g/mol. The summed E-state index contributed by atoms with van der Waals surface area (Å²) >= 11 is 0. The highest BCUT2D eigenvalue weighted by Gasteiger charge is 2.47. The second kappa shape index (κ2) is 8.38. The minimum absolute atomic E-state index is 0.181. The molecule has 1 heterocycles. The van der Waals surface area contributed by atoms with Crippen LogP contribution in [0.5, 0.6) is 0 Å². The molecule has 0 atom stereocenters. The topological polar surface area (TPSA) is 25.8 Å². The Labute approximate surface area is 197 Å². The molecule has 0 aliphatic carbocycles. The van der Waals surface area contributed by atoms with Gasteiger partial charge >= 0.3 is 0 Å². The first kappa shape index (κ1) is 24.6. The maximum atomic E-state index is 5.43. The van der Waals surface area contributed by atoms with Crippen molar-refractivity contribution in [2.75, 3.05) is 0 Å². The molecule has 0 unspecified atom stereocenters. The Morgan fingerprint density at radius 2 is 1.00 bits per heavy atom. The SMILES string of the molecule is CC(C)(C)[Si](C)(C)c1nc(-c2ccccc2)nc(-c2ccccc2)c1[Si](C)(C)C(C)(C)C. The van der Waals surface area contributed by atoms with Crippen molar-refractivity contribution in [3.63, 3.8) is 0 Å². The van der Waals surface area contributed by atoms with Crippen molar-refractivity contribution >= 4 is 26.7 Å². The third kappa shape index (κ3) is 4.40. The summed E-state index contributed by atoms with van der Waals surface area (Å²) in [7, 11) is -3.91. The number of hydrogen-bond acceptors (Lipinski definition) is 2. The van der Waals surface area contributed by atoms with Crippen LogP contribution in [-0.2, 0) is 0 Å². The van der Waals surface area contributed by atoms with Crippen molar-refractivity contribution in [3.8, 4) is 22.6 Å². The molecule has 0 saturated heterocycles. The van der Waals surface area contributed by atoms with Crippen molar-refractivity contribution < 1.29 is 0 Å². The number of aromatic nitrogens is 2. The van der Waals surface area contributed by atoms with Crippen LogP contribution < -0.4 is 10.5 Å². The Morgan fingerprint density at radius 3 is 1.44 bits per heavy atom. The van der Waals surface area contributed by atoms with E-state index in [4.69, 9.17) is 9.97 Å². The van der Waals surface area contributed by atoms with Crippen LogP contribution in [-0.4, -0.2) is 26.1 Å². The highest BCUT2D eigenvalue weighted by Crippen LogP contribution is 2.40. The lowest BCUT2D eigenvalue weighted by Crippen LogP contribution is -2.66. The summed E-state index contributed by atoms with van der Waals surface area (Å²) < 4.78 is 0. The van der Waals surface area contributed by atoms with E-state index >= 15 is 0 Å². The third-order valence-electron chi connectivity index (χ3n) is 7.96. The van der Waals surface area contributed by atoms with Gasteiger partial charge in [0.2, 0.25) is 0 Å². The maximum absolute atomic E-state index is 5.43. The highest BCUT2D eigenvalue weighted by molar-refractivity contribution is 7.01. The minimum atomic E-state index is -1.96. The summed E-state index contributed by atoms with van der Waals surface area (Å²) in [6.07, 6.45) is 0. The summed E-state index contributed by atoms with van der Waals surface area (Å²) in [5.41, 5.74) is 3.43. The van der Waals surface area contributed by atoms with E-state index in [1.807, 2.05) is 0 Å². The average molecular weight is 461 g/mol. The molecule has 3 aromatic rings. The molecule has 1 aromatic heterocycles. The first-order valence-corrected chi connectivity index (χ1v) is 17.7. The zero-order valence-corrected chi connectivity index (χ0v) is 23.7. The molecule has 0 bridgehead atoms. The summed E-state index contributed by atoms with van der Waals surface area (Å²) in [5, 5.41) is 3.18.